The lowest BCUT2D eigenvalue weighted by Gasteiger charge is -2.29. The summed E-state index contributed by atoms with van der Waals surface area (Å²) in [5.41, 5.74) is 4.57. The molecule has 22 heavy (non-hydrogen) atoms. The van der Waals surface area contributed by atoms with Crippen molar-refractivity contribution in [3.05, 3.63) is 54.1 Å². The van der Waals surface area contributed by atoms with Crippen LogP contribution in [0.1, 0.15) is 5.56 Å². The number of benzene rings is 2. The molecular weight excluding hydrogens is 274 g/mol. The van der Waals surface area contributed by atoms with Crippen molar-refractivity contribution in [1.29, 1.82) is 0 Å². The molecule has 112 valence electrons. The number of anilines is 1. The average Bonchev–Trinajstić information content (AvgIpc) is 3.00. The van der Waals surface area contributed by atoms with Gasteiger partial charge in [0.2, 0.25) is 0 Å². The molecule has 0 aliphatic carbocycles. The highest BCUT2D eigenvalue weighted by molar-refractivity contribution is 5.73. The van der Waals surface area contributed by atoms with Crippen LogP contribution in [0.3, 0.4) is 0 Å². The van der Waals surface area contributed by atoms with Crippen molar-refractivity contribution in [3.8, 4) is 0 Å². The minimum atomic E-state index is 0.752. The van der Waals surface area contributed by atoms with Crippen LogP contribution in [-0.2, 0) is 6.54 Å². The first-order valence-corrected chi connectivity index (χ1v) is 7.73. The second kappa shape index (κ2) is 5.77. The quantitative estimate of drug-likeness (QED) is 0.801. The van der Waals surface area contributed by atoms with Crippen molar-refractivity contribution >= 4 is 16.7 Å². The normalized spacial score (nSPS) is 15.4. The Labute approximate surface area is 129 Å². The van der Waals surface area contributed by atoms with Gasteiger partial charge in [0.05, 0.1) is 12.1 Å². The van der Waals surface area contributed by atoms with Gasteiger partial charge in [-0.05, 0) is 29.8 Å². The molecule has 5 heteroatoms. The largest absolute Gasteiger partial charge is 0.369 e. The molecule has 5 nitrogen and oxygen atoms in total. The van der Waals surface area contributed by atoms with Gasteiger partial charge in [0.1, 0.15) is 5.52 Å². The van der Waals surface area contributed by atoms with Gasteiger partial charge < -0.3 is 10.2 Å². The van der Waals surface area contributed by atoms with E-state index in [0.717, 1.165) is 43.8 Å². The van der Waals surface area contributed by atoms with Crippen LogP contribution in [0.15, 0.2) is 48.5 Å². The van der Waals surface area contributed by atoms with E-state index in [1.807, 2.05) is 22.9 Å². The Kier molecular flexibility index (Phi) is 3.48. The minimum Gasteiger partial charge on any atom is -0.369 e. The number of rotatable bonds is 3. The second-order valence-corrected chi connectivity index (χ2v) is 5.64. The van der Waals surface area contributed by atoms with Crippen molar-refractivity contribution in [2.45, 2.75) is 6.54 Å². The molecule has 0 unspecified atom stereocenters. The molecule has 0 bridgehead atoms. The van der Waals surface area contributed by atoms with Gasteiger partial charge in [-0.2, -0.15) is 0 Å². The average molecular weight is 293 g/mol. The second-order valence-electron chi connectivity index (χ2n) is 5.64. The molecule has 0 amide bonds. The number of para-hydroxylation sites is 1. The Morgan fingerprint density at radius 2 is 1.73 bits per heavy atom. The van der Waals surface area contributed by atoms with Gasteiger partial charge in [-0.3, -0.25) is 0 Å². The fraction of sp³-hybridized carbons (Fsp3) is 0.294. The lowest BCUT2D eigenvalue weighted by Crippen LogP contribution is -2.43. The SMILES string of the molecule is c1ccc2c(c1)nnn2Cc1ccc(N2CCNCC2)cc1. The van der Waals surface area contributed by atoms with E-state index in [4.69, 9.17) is 0 Å². The van der Waals surface area contributed by atoms with E-state index < -0.39 is 0 Å². The Bertz CT molecular complexity index is 756. The molecule has 1 fully saturated rings. The molecule has 0 atom stereocenters. The maximum atomic E-state index is 4.25. The Balaban J connectivity index is 1.53. The van der Waals surface area contributed by atoms with Crippen molar-refractivity contribution in [1.82, 2.24) is 20.3 Å². The summed E-state index contributed by atoms with van der Waals surface area (Å²) in [4.78, 5) is 2.42. The molecule has 1 aromatic heterocycles. The van der Waals surface area contributed by atoms with Gasteiger partial charge in [-0.1, -0.05) is 29.5 Å². The van der Waals surface area contributed by atoms with Crippen LogP contribution in [0.2, 0.25) is 0 Å². The fourth-order valence-corrected chi connectivity index (χ4v) is 2.94. The summed E-state index contributed by atoms with van der Waals surface area (Å²) < 4.78 is 1.95. The summed E-state index contributed by atoms with van der Waals surface area (Å²) in [6.45, 7) is 5.03. The van der Waals surface area contributed by atoms with Gasteiger partial charge in [-0.15, -0.1) is 5.10 Å². The molecule has 1 saturated heterocycles. The lowest BCUT2D eigenvalue weighted by atomic mass is 10.2. The molecule has 1 aliphatic rings. The highest BCUT2D eigenvalue weighted by Gasteiger charge is 2.10. The standard InChI is InChI=1S/C17H19N5/c1-2-4-17-16(3-1)19-20-22(17)13-14-5-7-15(8-6-14)21-11-9-18-10-12-21/h1-8,18H,9-13H2. The number of hydrogen-bond acceptors (Lipinski definition) is 4. The van der Waals surface area contributed by atoms with Gasteiger partial charge in [0.25, 0.3) is 0 Å². The lowest BCUT2D eigenvalue weighted by molar-refractivity contribution is 0.589. The minimum absolute atomic E-state index is 0.752. The maximum Gasteiger partial charge on any atom is 0.113 e. The van der Waals surface area contributed by atoms with Crippen molar-refractivity contribution in [2.75, 3.05) is 31.1 Å². The van der Waals surface area contributed by atoms with E-state index in [1.54, 1.807) is 0 Å². The van der Waals surface area contributed by atoms with Crippen LogP contribution in [0, 0.1) is 0 Å². The summed E-state index contributed by atoms with van der Waals surface area (Å²) in [5.74, 6) is 0. The van der Waals surface area contributed by atoms with E-state index in [2.05, 4.69) is 50.9 Å². The van der Waals surface area contributed by atoms with Gasteiger partial charge in [-0.25, -0.2) is 4.68 Å². The van der Waals surface area contributed by atoms with E-state index in [9.17, 15) is 0 Å². The summed E-state index contributed by atoms with van der Waals surface area (Å²) in [7, 11) is 0. The third-order valence-electron chi connectivity index (χ3n) is 4.17. The zero-order valence-electron chi connectivity index (χ0n) is 12.4. The van der Waals surface area contributed by atoms with Crippen LogP contribution in [0.5, 0.6) is 0 Å². The Morgan fingerprint density at radius 3 is 2.55 bits per heavy atom. The fourth-order valence-electron chi connectivity index (χ4n) is 2.94. The highest BCUT2D eigenvalue weighted by Crippen LogP contribution is 2.17. The first kappa shape index (κ1) is 13.3. The van der Waals surface area contributed by atoms with Crippen molar-refractivity contribution in [2.24, 2.45) is 0 Å². The summed E-state index contributed by atoms with van der Waals surface area (Å²) in [5, 5.41) is 11.8. The van der Waals surface area contributed by atoms with Crippen LogP contribution >= 0.6 is 0 Å². The Hall–Kier alpha value is -2.40. The molecule has 0 radical (unpaired) electrons. The van der Waals surface area contributed by atoms with Gasteiger partial charge in [0, 0.05) is 31.9 Å². The maximum absolute atomic E-state index is 4.25. The van der Waals surface area contributed by atoms with Gasteiger partial charge in [0.15, 0.2) is 0 Å². The van der Waals surface area contributed by atoms with Crippen LogP contribution in [-0.4, -0.2) is 41.2 Å². The smallest absolute Gasteiger partial charge is 0.113 e. The molecule has 0 saturated carbocycles. The molecule has 2 heterocycles. The number of nitrogens with zero attached hydrogens (tertiary/aromatic N) is 4. The molecule has 1 aliphatic heterocycles. The van der Waals surface area contributed by atoms with Gasteiger partial charge >= 0.3 is 0 Å². The van der Waals surface area contributed by atoms with Crippen LogP contribution < -0.4 is 10.2 Å². The summed E-state index contributed by atoms with van der Waals surface area (Å²) in [6.07, 6.45) is 0. The first-order chi connectivity index (χ1) is 10.9. The molecular formula is C17H19N5. The number of hydrogen-bond donors (Lipinski definition) is 1. The van der Waals surface area contributed by atoms with Crippen LogP contribution in [0.4, 0.5) is 5.69 Å². The third-order valence-corrected chi connectivity index (χ3v) is 4.17. The van der Waals surface area contributed by atoms with E-state index in [0.29, 0.717) is 0 Å². The molecule has 4 rings (SSSR count). The highest BCUT2D eigenvalue weighted by atomic mass is 15.4. The number of aromatic nitrogens is 3. The number of fused-ring (bicyclic) bond motifs is 1. The van der Waals surface area contributed by atoms with E-state index in [1.165, 1.54) is 11.3 Å². The summed E-state index contributed by atoms with van der Waals surface area (Å²) >= 11 is 0. The van der Waals surface area contributed by atoms with Crippen molar-refractivity contribution in [3.63, 3.8) is 0 Å². The summed E-state index contributed by atoms with van der Waals surface area (Å²) in [6, 6.07) is 16.9. The molecule has 2 aromatic carbocycles. The predicted molar refractivity (Wildman–Crippen MR) is 88.2 cm³/mol. The van der Waals surface area contributed by atoms with E-state index in [-0.39, 0.29) is 0 Å². The molecule has 1 N–H and O–H groups in total. The monoisotopic (exact) mass is 293 g/mol. The predicted octanol–water partition coefficient (Wildman–Crippen LogP) is 1.89. The zero-order valence-corrected chi connectivity index (χ0v) is 12.4. The number of piperazine rings is 1. The molecule has 3 aromatic rings. The topological polar surface area (TPSA) is 46.0 Å². The third kappa shape index (κ3) is 2.55. The van der Waals surface area contributed by atoms with Crippen LogP contribution in [0.25, 0.3) is 11.0 Å². The number of nitrogens with one attached hydrogen (secondary N) is 1. The zero-order chi connectivity index (χ0) is 14.8. The van der Waals surface area contributed by atoms with E-state index >= 15 is 0 Å². The Morgan fingerprint density at radius 1 is 0.955 bits per heavy atom. The first-order valence-electron chi connectivity index (χ1n) is 7.73. The van der Waals surface area contributed by atoms with Crippen molar-refractivity contribution < 1.29 is 0 Å². The molecule has 0 spiro atoms.